The largest absolute Gasteiger partial charge is 0.353 e. The fourth-order valence-corrected chi connectivity index (χ4v) is 5.53. The van der Waals surface area contributed by atoms with Crippen LogP contribution in [0, 0.1) is 0 Å². The number of hydrogen-bond acceptors (Lipinski definition) is 2. The van der Waals surface area contributed by atoms with Gasteiger partial charge in [-0.05, 0) is 51.4 Å². The first-order chi connectivity index (χ1) is 21.1. The molecule has 0 aromatic carbocycles. The number of hydrogen-bond donors (Lipinski definition) is 2. The molecule has 0 aliphatic heterocycles. The van der Waals surface area contributed by atoms with E-state index in [4.69, 9.17) is 11.6 Å². The number of amides is 2. The lowest BCUT2D eigenvalue weighted by atomic mass is 10.0. The highest BCUT2D eigenvalue weighted by Gasteiger charge is 2.12. The van der Waals surface area contributed by atoms with Crippen LogP contribution >= 0.6 is 11.6 Å². The monoisotopic (exact) mass is 623 g/mol. The van der Waals surface area contributed by atoms with Gasteiger partial charge in [0.05, 0.1) is 0 Å². The number of rotatable bonds is 33. The van der Waals surface area contributed by atoms with Crippen molar-refractivity contribution in [2.24, 2.45) is 0 Å². The van der Waals surface area contributed by atoms with Gasteiger partial charge >= 0.3 is 0 Å². The van der Waals surface area contributed by atoms with Gasteiger partial charge in [0, 0.05) is 19.0 Å². The SMILES string of the molecule is CCCCCCCC/C=C\CCCCCCCC(=O)NC(C/C=C/CCCCCCCCCCCCC)CNC(=O)CCl. The molecule has 1 atom stereocenters. The Labute approximate surface area is 273 Å². The average molecular weight is 623 g/mol. The molecule has 2 amide bonds. The van der Waals surface area contributed by atoms with Crippen LogP contribution in [0.3, 0.4) is 0 Å². The maximum atomic E-state index is 12.6. The summed E-state index contributed by atoms with van der Waals surface area (Å²) in [6, 6.07) is -0.0867. The minimum absolute atomic E-state index is 0.0513. The van der Waals surface area contributed by atoms with Crippen molar-refractivity contribution in [2.45, 2.75) is 193 Å². The first-order valence-corrected chi connectivity index (χ1v) is 19.1. The Hall–Kier alpha value is -1.29. The van der Waals surface area contributed by atoms with Crippen LogP contribution in [0.25, 0.3) is 0 Å². The molecule has 0 saturated heterocycles. The molecule has 43 heavy (non-hydrogen) atoms. The molecule has 0 bridgehead atoms. The molecule has 0 radical (unpaired) electrons. The summed E-state index contributed by atoms with van der Waals surface area (Å²) >= 11 is 5.64. The van der Waals surface area contributed by atoms with Gasteiger partial charge in [-0.25, -0.2) is 0 Å². The van der Waals surface area contributed by atoms with Gasteiger partial charge in [-0.15, -0.1) is 11.6 Å². The highest BCUT2D eigenvalue weighted by Crippen LogP contribution is 2.13. The van der Waals surface area contributed by atoms with E-state index in [2.05, 4.69) is 48.8 Å². The van der Waals surface area contributed by atoms with E-state index in [0.29, 0.717) is 13.0 Å². The van der Waals surface area contributed by atoms with E-state index in [-0.39, 0.29) is 23.7 Å². The van der Waals surface area contributed by atoms with E-state index in [9.17, 15) is 9.59 Å². The van der Waals surface area contributed by atoms with E-state index in [1.165, 1.54) is 141 Å². The van der Waals surface area contributed by atoms with Crippen molar-refractivity contribution in [3.8, 4) is 0 Å². The zero-order valence-electron chi connectivity index (χ0n) is 28.6. The van der Waals surface area contributed by atoms with Crippen LogP contribution in [0.4, 0.5) is 0 Å². The van der Waals surface area contributed by atoms with Crippen LogP contribution in [0.5, 0.6) is 0 Å². The third-order valence-corrected chi connectivity index (χ3v) is 8.50. The van der Waals surface area contributed by atoms with Gasteiger partial charge < -0.3 is 10.6 Å². The molecule has 0 rings (SSSR count). The molecule has 252 valence electrons. The summed E-state index contributed by atoms with van der Waals surface area (Å²) in [5, 5.41) is 5.97. The highest BCUT2D eigenvalue weighted by molar-refractivity contribution is 6.27. The smallest absolute Gasteiger partial charge is 0.234 e. The zero-order valence-corrected chi connectivity index (χ0v) is 29.3. The molecule has 0 fully saturated rings. The van der Waals surface area contributed by atoms with Crippen LogP contribution in [-0.4, -0.2) is 30.3 Å². The Morgan fingerprint density at radius 2 is 0.930 bits per heavy atom. The lowest BCUT2D eigenvalue weighted by molar-refractivity contribution is -0.123. The van der Waals surface area contributed by atoms with Gasteiger partial charge in [0.25, 0.3) is 0 Å². The second kappa shape index (κ2) is 35.2. The van der Waals surface area contributed by atoms with Crippen molar-refractivity contribution in [1.29, 1.82) is 0 Å². The molecule has 0 heterocycles. The van der Waals surface area contributed by atoms with Crippen LogP contribution in [-0.2, 0) is 9.59 Å². The molecule has 0 aliphatic carbocycles. The Kier molecular flexibility index (Phi) is 34.1. The lowest BCUT2D eigenvalue weighted by Gasteiger charge is -2.18. The second-order valence-corrected chi connectivity index (χ2v) is 12.8. The Bertz CT molecular complexity index is 664. The standard InChI is InChI=1S/C38H71ClN2O2/c1-3-5-7-9-11-13-15-17-19-21-23-25-27-29-31-33-37(42)41-36(35-40-38(43)34-39)32-30-28-26-24-22-20-18-16-14-12-10-8-6-4-2/h17,19,28,30,36H,3-16,18,20-27,29,31-35H2,1-2H3,(H,40,43)(H,41,42)/b19-17-,30-28+. The van der Waals surface area contributed by atoms with Gasteiger partial charge in [-0.3, -0.25) is 9.59 Å². The molecule has 4 nitrogen and oxygen atoms in total. The summed E-state index contributed by atoms with van der Waals surface area (Å²) in [6.45, 7) is 4.96. The van der Waals surface area contributed by atoms with Crippen LogP contribution in [0.1, 0.15) is 187 Å². The van der Waals surface area contributed by atoms with Gasteiger partial charge in [0.1, 0.15) is 5.88 Å². The Morgan fingerprint density at radius 3 is 1.37 bits per heavy atom. The molecule has 0 aromatic rings. The van der Waals surface area contributed by atoms with Crippen molar-refractivity contribution >= 4 is 23.4 Å². The molecule has 0 aromatic heterocycles. The summed E-state index contributed by atoms with van der Waals surface area (Å²) in [6.07, 6.45) is 42.7. The third kappa shape index (κ3) is 33.4. The van der Waals surface area contributed by atoms with E-state index in [0.717, 1.165) is 25.7 Å². The summed E-state index contributed by atoms with van der Waals surface area (Å²) in [4.78, 5) is 24.2. The minimum atomic E-state index is -0.192. The Morgan fingerprint density at radius 1 is 0.535 bits per heavy atom. The number of nitrogens with one attached hydrogen (secondary N) is 2. The van der Waals surface area contributed by atoms with Crippen LogP contribution in [0.15, 0.2) is 24.3 Å². The van der Waals surface area contributed by atoms with Crippen molar-refractivity contribution in [3.05, 3.63) is 24.3 Å². The quantitative estimate of drug-likeness (QED) is 0.0434. The number of allylic oxidation sites excluding steroid dienone is 3. The summed E-state index contributed by atoms with van der Waals surface area (Å²) in [7, 11) is 0. The molecule has 0 saturated carbocycles. The number of halogens is 1. The molecule has 1 unspecified atom stereocenters. The summed E-state index contributed by atoms with van der Waals surface area (Å²) in [5.41, 5.74) is 0. The topological polar surface area (TPSA) is 58.2 Å². The molecule has 2 N–H and O–H groups in total. The van der Waals surface area contributed by atoms with Gasteiger partial charge in [-0.1, -0.05) is 154 Å². The van der Waals surface area contributed by atoms with Crippen molar-refractivity contribution < 1.29 is 9.59 Å². The van der Waals surface area contributed by atoms with E-state index >= 15 is 0 Å². The number of carbonyl (C=O) groups excluding carboxylic acids is 2. The Balaban J connectivity index is 3.91. The highest BCUT2D eigenvalue weighted by atomic mass is 35.5. The number of carbonyl (C=O) groups is 2. The minimum Gasteiger partial charge on any atom is -0.353 e. The lowest BCUT2D eigenvalue weighted by Crippen LogP contribution is -2.43. The summed E-state index contributed by atoms with van der Waals surface area (Å²) in [5.74, 6) is -0.158. The third-order valence-electron chi connectivity index (χ3n) is 8.26. The van der Waals surface area contributed by atoms with Gasteiger partial charge in [0.15, 0.2) is 0 Å². The normalized spacial score (nSPS) is 12.3. The molecule has 5 heteroatoms. The maximum absolute atomic E-state index is 12.6. The van der Waals surface area contributed by atoms with Crippen molar-refractivity contribution in [1.82, 2.24) is 10.6 Å². The summed E-state index contributed by atoms with van der Waals surface area (Å²) < 4.78 is 0. The predicted octanol–water partition coefficient (Wildman–Crippen LogP) is 11.5. The fraction of sp³-hybridized carbons (Fsp3) is 0.842. The molecular formula is C38H71ClN2O2. The average Bonchev–Trinajstić information content (AvgIpc) is 3.01. The first kappa shape index (κ1) is 41.7. The van der Waals surface area contributed by atoms with E-state index < -0.39 is 0 Å². The second-order valence-electron chi connectivity index (χ2n) is 12.6. The molecule has 0 spiro atoms. The zero-order chi connectivity index (χ0) is 31.5. The van der Waals surface area contributed by atoms with Crippen LogP contribution in [0.2, 0.25) is 0 Å². The fourth-order valence-electron chi connectivity index (χ4n) is 5.44. The molecular weight excluding hydrogens is 552 g/mol. The van der Waals surface area contributed by atoms with Crippen LogP contribution < -0.4 is 10.6 Å². The number of alkyl halides is 1. The first-order valence-electron chi connectivity index (χ1n) is 18.6. The maximum Gasteiger partial charge on any atom is 0.234 e. The predicted molar refractivity (Wildman–Crippen MR) is 190 cm³/mol. The van der Waals surface area contributed by atoms with Crippen molar-refractivity contribution in [2.75, 3.05) is 12.4 Å². The van der Waals surface area contributed by atoms with Crippen molar-refractivity contribution in [3.63, 3.8) is 0 Å². The van der Waals surface area contributed by atoms with Gasteiger partial charge in [0.2, 0.25) is 11.8 Å². The molecule has 0 aliphatic rings. The van der Waals surface area contributed by atoms with Gasteiger partial charge in [-0.2, -0.15) is 0 Å². The van der Waals surface area contributed by atoms with E-state index in [1.807, 2.05) is 0 Å². The number of unbranched alkanes of at least 4 members (excludes halogenated alkanes) is 22. The van der Waals surface area contributed by atoms with E-state index in [1.54, 1.807) is 0 Å².